The standard InChI is InChI=1S/C18H16O.2C9H7N/c19-14-7-10-16-13(11-14)6-9-17-15-4-2-1-3-12(15)5-8-18(16)17;2*1-2-6-9-8(4-1)5-3-7-10-9/h5-11,19H,1-4H2;2*1-7H. The van der Waals surface area contributed by atoms with E-state index in [1.54, 1.807) is 11.6 Å². The number of aromatic hydroxyl groups is 1. The third-order valence-corrected chi connectivity index (χ3v) is 7.36. The Labute approximate surface area is 228 Å². The van der Waals surface area contributed by atoms with Crippen LogP contribution in [-0.2, 0) is 12.8 Å². The fourth-order valence-corrected chi connectivity index (χ4v) is 5.42. The molecular formula is C36H30N2O. The molecule has 0 saturated heterocycles. The fourth-order valence-electron chi connectivity index (χ4n) is 5.42. The predicted molar refractivity (Wildman–Crippen MR) is 163 cm³/mol. The zero-order valence-electron chi connectivity index (χ0n) is 21.8. The van der Waals surface area contributed by atoms with Crippen LogP contribution in [0.15, 0.2) is 128 Å². The molecule has 2 heterocycles. The lowest BCUT2D eigenvalue weighted by Gasteiger charge is -2.18. The molecule has 0 atom stereocenters. The van der Waals surface area contributed by atoms with E-state index in [4.69, 9.17) is 0 Å². The highest BCUT2D eigenvalue weighted by atomic mass is 16.3. The van der Waals surface area contributed by atoms with Crippen molar-refractivity contribution in [2.75, 3.05) is 0 Å². The molecule has 5 aromatic carbocycles. The highest BCUT2D eigenvalue weighted by Crippen LogP contribution is 2.34. The highest BCUT2D eigenvalue weighted by Gasteiger charge is 2.13. The number of hydrogen-bond donors (Lipinski definition) is 1. The summed E-state index contributed by atoms with van der Waals surface area (Å²) in [6.07, 6.45) is 8.67. The van der Waals surface area contributed by atoms with Gasteiger partial charge in [0.2, 0.25) is 0 Å². The van der Waals surface area contributed by atoms with Gasteiger partial charge in [-0.1, -0.05) is 78.9 Å². The minimum atomic E-state index is 0.338. The molecular weight excluding hydrogens is 476 g/mol. The molecule has 0 unspecified atom stereocenters. The SMILES string of the molecule is Oc1ccc2c(ccc3c4c(ccc32)CCCC4)c1.c1ccc2ncccc2c1.c1ccc2ncccc2c1. The van der Waals surface area contributed by atoms with E-state index in [1.807, 2.05) is 73.1 Å². The van der Waals surface area contributed by atoms with Crippen molar-refractivity contribution in [3.05, 3.63) is 139 Å². The molecule has 0 amide bonds. The van der Waals surface area contributed by atoms with Crippen molar-refractivity contribution in [2.45, 2.75) is 25.7 Å². The zero-order valence-corrected chi connectivity index (χ0v) is 21.8. The number of para-hydroxylation sites is 2. The maximum atomic E-state index is 9.59. The van der Waals surface area contributed by atoms with Crippen LogP contribution in [-0.4, -0.2) is 15.1 Å². The number of benzene rings is 5. The molecule has 7 aromatic rings. The molecule has 2 aromatic heterocycles. The van der Waals surface area contributed by atoms with E-state index in [0.29, 0.717) is 5.75 Å². The van der Waals surface area contributed by atoms with Crippen molar-refractivity contribution in [3.8, 4) is 5.75 Å². The van der Waals surface area contributed by atoms with Gasteiger partial charge < -0.3 is 5.11 Å². The molecule has 1 N–H and O–H groups in total. The van der Waals surface area contributed by atoms with Gasteiger partial charge in [0.1, 0.15) is 5.75 Å². The Kier molecular flexibility index (Phi) is 7.13. The molecule has 8 rings (SSSR count). The number of aryl methyl sites for hydroxylation is 2. The molecule has 0 fully saturated rings. The summed E-state index contributed by atoms with van der Waals surface area (Å²) in [7, 11) is 0. The average molecular weight is 507 g/mol. The van der Waals surface area contributed by atoms with Crippen molar-refractivity contribution in [1.82, 2.24) is 9.97 Å². The number of nitrogens with zero attached hydrogens (tertiary/aromatic N) is 2. The summed E-state index contributed by atoms with van der Waals surface area (Å²) in [6.45, 7) is 0. The first-order valence-electron chi connectivity index (χ1n) is 13.5. The second kappa shape index (κ2) is 11.3. The second-order valence-corrected chi connectivity index (χ2v) is 9.87. The molecule has 0 spiro atoms. The van der Waals surface area contributed by atoms with Gasteiger partial charge >= 0.3 is 0 Å². The van der Waals surface area contributed by atoms with Gasteiger partial charge in [-0.3, -0.25) is 9.97 Å². The van der Waals surface area contributed by atoms with Crippen LogP contribution in [0.25, 0.3) is 43.4 Å². The fraction of sp³-hybridized carbons (Fsp3) is 0.111. The summed E-state index contributed by atoms with van der Waals surface area (Å²) in [5.74, 6) is 0.338. The maximum Gasteiger partial charge on any atom is 0.116 e. The topological polar surface area (TPSA) is 46.0 Å². The molecule has 0 saturated carbocycles. The molecule has 190 valence electrons. The van der Waals surface area contributed by atoms with E-state index in [0.717, 1.165) is 16.4 Å². The van der Waals surface area contributed by atoms with Crippen molar-refractivity contribution < 1.29 is 5.11 Å². The third kappa shape index (κ3) is 5.44. The molecule has 0 aliphatic heterocycles. The van der Waals surface area contributed by atoms with E-state index in [-0.39, 0.29) is 0 Å². The molecule has 3 heteroatoms. The van der Waals surface area contributed by atoms with Crippen molar-refractivity contribution in [1.29, 1.82) is 0 Å². The quantitative estimate of drug-likeness (QED) is 0.209. The van der Waals surface area contributed by atoms with E-state index >= 15 is 0 Å². The predicted octanol–water partition coefficient (Wildman–Crippen LogP) is 9.05. The van der Waals surface area contributed by atoms with Crippen LogP contribution >= 0.6 is 0 Å². The minimum absolute atomic E-state index is 0.338. The lowest BCUT2D eigenvalue weighted by molar-refractivity contribution is 0.476. The van der Waals surface area contributed by atoms with Crippen LogP contribution in [0, 0.1) is 0 Å². The van der Waals surface area contributed by atoms with Crippen LogP contribution in [0.5, 0.6) is 5.75 Å². The minimum Gasteiger partial charge on any atom is -0.508 e. The van der Waals surface area contributed by atoms with Crippen LogP contribution in [0.3, 0.4) is 0 Å². The molecule has 1 aliphatic rings. The zero-order chi connectivity index (χ0) is 26.4. The molecule has 0 bridgehead atoms. The van der Waals surface area contributed by atoms with Crippen LogP contribution < -0.4 is 0 Å². The van der Waals surface area contributed by atoms with E-state index in [1.165, 1.54) is 58.2 Å². The van der Waals surface area contributed by atoms with Crippen LogP contribution in [0.2, 0.25) is 0 Å². The number of pyridine rings is 2. The summed E-state index contributed by atoms with van der Waals surface area (Å²) in [4.78, 5) is 8.36. The van der Waals surface area contributed by atoms with E-state index in [9.17, 15) is 5.11 Å². The van der Waals surface area contributed by atoms with Crippen molar-refractivity contribution in [3.63, 3.8) is 0 Å². The number of hydrogen-bond acceptors (Lipinski definition) is 3. The Morgan fingerprint density at radius 3 is 1.77 bits per heavy atom. The molecule has 0 radical (unpaired) electrons. The summed E-state index contributed by atoms with van der Waals surface area (Å²) in [5.41, 5.74) is 5.19. The van der Waals surface area contributed by atoms with Crippen molar-refractivity contribution >= 4 is 43.4 Å². The van der Waals surface area contributed by atoms with Gasteiger partial charge in [0.05, 0.1) is 11.0 Å². The average Bonchev–Trinajstić information content (AvgIpc) is 3.01. The van der Waals surface area contributed by atoms with Gasteiger partial charge in [-0.2, -0.15) is 0 Å². The summed E-state index contributed by atoms with van der Waals surface area (Å²) in [5, 5.41) is 17.1. The normalized spacial score (nSPS) is 12.3. The number of phenolic OH excluding ortho intramolecular Hbond substituents is 1. The molecule has 1 aliphatic carbocycles. The summed E-state index contributed by atoms with van der Waals surface area (Å²) < 4.78 is 0. The maximum absolute atomic E-state index is 9.59. The summed E-state index contributed by atoms with van der Waals surface area (Å²) >= 11 is 0. The van der Waals surface area contributed by atoms with Crippen LogP contribution in [0.1, 0.15) is 24.0 Å². The van der Waals surface area contributed by atoms with Gasteiger partial charge in [0.25, 0.3) is 0 Å². The lowest BCUT2D eigenvalue weighted by atomic mass is 9.86. The second-order valence-electron chi connectivity index (χ2n) is 9.87. The monoisotopic (exact) mass is 506 g/mol. The van der Waals surface area contributed by atoms with E-state index < -0.39 is 0 Å². The van der Waals surface area contributed by atoms with Gasteiger partial charge in [0, 0.05) is 23.2 Å². The van der Waals surface area contributed by atoms with Gasteiger partial charge in [-0.05, 0) is 94.8 Å². The molecule has 39 heavy (non-hydrogen) atoms. The number of aromatic nitrogens is 2. The Balaban J connectivity index is 0.000000117. The van der Waals surface area contributed by atoms with E-state index in [2.05, 4.69) is 58.5 Å². The van der Waals surface area contributed by atoms with Crippen LogP contribution in [0.4, 0.5) is 0 Å². The van der Waals surface area contributed by atoms with Gasteiger partial charge in [-0.15, -0.1) is 0 Å². The third-order valence-electron chi connectivity index (χ3n) is 7.36. The first-order chi connectivity index (χ1) is 19.3. The highest BCUT2D eigenvalue weighted by molar-refractivity contribution is 6.09. The summed E-state index contributed by atoms with van der Waals surface area (Å²) in [6, 6.07) is 38.7. The number of fused-ring (bicyclic) bond motifs is 7. The smallest absolute Gasteiger partial charge is 0.116 e. The first-order valence-corrected chi connectivity index (χ1v) is 13.5. The number of phenols is 1. The molecule has 3 nitrogen and oxygen atoms in total. The lowest BCUT2D eigenvalue weighted by Crippen LogP contribution is -2.03. The largest absolute Gasteiger partial charge is 0.508 e. The Morgan fingerprint density at radius 2 is 1.08 bits per heavy atom. The van der Waals surface area contributed by atoms with Crippen molar-refractivity contribution in [2.24, 2.45) is 0 Å². The van der Waals surface area contributed by atoms with Gasteiger partial charge in [-0.25, -0.2) is 0 Å². The Bertz CT molecular complexity index is 1690. The first kappa shape index (κ1) is 24.6. The Morgan fingerprint density at radius 1 is 0.487 bits per heavy atom. The van der Waals surface area contributed by atoms with Gasteiger partial charge in [0.15, 0.2) is 0 Å². The Hall–Kier alpha value is -4.76. The number of rotatable bonds is 0.